The van der Waals surface area contributed by atoms with E-state index in [-0.39, 0.29) is 16.1 Å². The van der Waals surface area contributed by atoms with Gasteiger partial charge in [0.1, 0.15) is 0 Å². The van der Waals surface area contributed by atoms with Crippen LogP contribution in [0.25, 0.3) is 0 Å². The summed E-state index contributed by atoms with van der Waals surface area (Å²) < 4.78 is 39.3. The van der Waals surface area contributed by atoms with E-state index in [9.17, 15) is 27.6 Å². The molecule has 2 fully saturated rings. The van der Waals surface area contributed by atoms with Gasteiger partial charge < -0.3 is 4.90 Å². The third kappa shape index (κ3) is 2.19. The highest BCUT2D eigenvalue weighted by Crippen LogP contribution is 2.47. The SMILES string of the molecule is CN1C(=O)C2C=CC1C1C(=O)N(c3ccc(Br)c(C(F)(F)F)c3)C(=O)C21. The van der Waals surface area contributed by atoms with Crippen LogP contribution in [0, 0.1) is 17.8 Å². The van der Waals surface area contributed by atoms with Crippen LogP contribution >= 0.6 is 15.9 Å². The second kappa shape index (κ2) is 5.42. The topological polar surface area (TPSA) is 57.7 Å². The second-order valence-electron chi connectivity index (χ2n) is 6.58. The Morgan fingerprint density at radius 1 is 1.00 bits per heavy atom. The molecule has 1 aromatic rings. The number of amides is 3. The highest BCUT2D eigenvalue weighted by Gasteiger charge is 2.61. The fourth-order valence-corrected chi connectivity index (χ4v) is 4.51. The predicted octanol–water partition coefficient (Wildman–Crippen LogP) is 2.60. The highest BCUT2D eigenvalue weighted by atomic mass is 79.9. The maximum atomic E-state index is 13.2. The van der Waals surface area contributed by atoms with Crippen molar-refractivity contribution in [2.75, 3.05) is 11.9 Å². The number of nitrogens with zero attached hydrogens (tertiary/aromatic N) is 2. The molecule has 5 nitrogen and oxygen atoms in total. The molecule has 2 bridgehead atoms. The lowest BCUT2D eigenvalue weighted by molar-refractivity contribution is -0.148. The Balaban J connectivity index is 1.78. The number of benzene rings is 1. The first-order valence-electron chi connectivity index (χ1n) is 7.82. The molecule has 136 valence electrons. The number of fused-ring (bicyclic) bond motifs is 1. The van der Waals surface area contributed by atoms with Crippen molar-refractivity contribution in [2.24, 2.45) is 17.8 Å². The van der Waals surface area contributed by atoms with E-state index in [0.29, 0.717) is 0 Å². The monoisotopic (exact) mass is 428 g/mol. The summed E-state index contributed by atoms with van der Waals surface area (Å²) in [6.45, 7) is 0. The van der Waals surface area contributed by atoms with Gasteiger partial charge in [0, 0.05) is 11.5 Å². The molecular weight excluding hydrogens is 417 g/mol. The number of hydrogen-bond acceptors (Lipinski definition) is 3. The van der Waals surface area contributed by atoms with Crippen LogP contribution in [0.2, 0.25) is 0 Å². The molecule has 3 amide bonds. The maximum absolute atomic E-state index is 13.2. The first-order valence-corrected chi connectivity index (χ1v) is 8.62. The van der Waals surface area contributed by atoms with Gasteiger partial charge in [-0.25, -0.2) is 4.90 Å². The number of alkyl halides is 3. The maximum Gasteiger partial charge on any atom is 0.417 e. The molecule has 0 aromatic heterocycles. The predicted molar refractivity (Wildman–Crippen MR) is 87.8 cm³/mol. The van der Waals surface area contributed by atoms with Gasteiger partial charge in [-0.3, -0.25) is 14.4 Å². The molecule has 3 heterocycles. The third-order valence-electron chi connectivity index (χ3n) is 5.26. The minimum atomic E-state index is -4.63. The fraction of sp³-hybridized carbons (Fsp3) is 0.353. The molecule has 0 saturated carbocycles. The van der Waals surface area contributed by atoms with Gasteiger partial charge in [0.25, 0.3) is 0 Å². The molecule has 2 saturated heterocycles. The van der Waals surface area contributed by atoms with Gasteiger partial charge in [0.2, 0.25) is 17.7 Å². The lowest BCUT2D eigenvalue weighted by atomic mass is 9.70. The van der Waals surface area contributed by atoms with E-state index >= 15 is 0 Å². The summed E-state index contributed by atoms with van der Waals surface area (Å²) in [7, 11) is 1.56. The van der Waals surface area contributed by atoms with Crippen molar-refractivity contribution in [3.05, 3.63) is 40.4 Å². The molecule has 4 aliphatic rings. The van der Waals surface area contributed by atoms with Crippen molar-refractivity contribution >= 4 is 39.3 Å². The van der Waals surface area contributed by atoms with Crippen molar-refractivity contribution in [1.29, 1.82) is 0 Å². The molecule has 0 N–H and O–H groups in total. The summed E-state index contributed by atoms with van der Waals surface area (Å²) >= 11 is 2.84. The molecule has 0 spiro atoms. The summed E-state index contributed by atoms with van der Waals surface area (Å²) in [4.78, 5) is 40.2. The van der Waals surface area contributed by atoms with Crippen LogP contribution in [0.15, 0.2) is 34.8 Å². The van der Waals surface area contributed by atoms with Gasteiger partial charge in [0.15, 0.2) is 0 Å². The number of hydrogen-bond donors (Lipinski definition) is 0. The Morgan fingerprint density at radius 2 is 1.65 bits per heavy atom. The normalized spacial score (nSPS) is 30.4. The van der Waals surface area contributed by atoms with Crippen LogP contribution in [0.3, 0.4) is 0 Å². The number of piperidine rings is 1. The zero-order valence-corrected chi connectivity index (χ0v) is 14.9. The molecule has 1 aliphatic carbocycles. The van der Waals surface area contributed by atoms with Crippen LogP contribution in [-0.4, -0.2) is 35.7 Å². The Labute approximate surface area is 154 Å². The van der Waals surface area contributed by atoms with Gasteiger partial charge in [-0.15, -0.1) is 0 Å². The molecule has 5 rings (SSSR count). The van der Waals surface area contributed by atoms with E-state index in [4.69, 9.17) is 0 Å². The second-order valence-corrected chi connectivity index (χ2v) is 7.43. The van der Waals surface area contributed by atoms with Crippen molar-refractivity contribution < 1.29 is 27.6 Å². The lowest BCUT2D eigenvalue weighted by Gasteiger charge is -2.44. The average molecular weight is 429 g/mol. The number of likely N-dealkylation sites (N-methyl/N-ethyl adjacent to an activating group) is 1. The van der Waals surface area contributed by atoms with Gasteiger partial charge >= 0.3 is 6.18 Å². The van der Waals surface area contributed by atoms with Gasteiger partial charge in [-0.1, -0.05) is 28.1 Å². The van der Waals surface area contributed by atoms with Gasteiger partial charge in [-0.2, -0.15) is 13.2 Å². The summed E-state index contributed by atoms with van der Waals surface area (Å²) in [6, 6.07) is 2.66. The van der Waals surface area contributed by atoms with Crippen molar-refractivity contribution in [3.8, 4) is 0 Å². The molecular formula is C17H12BrF3N2O3. The minimum Gasteiger partial charge on any atom is -0.338 e. The minimum absolute atomic E-state index is 0.139. The van der Waals surface area contributed by atoms with Gasteiger partial charge in [0.05, 0.1) is 35.0 Å². The van der Waals surface area contributed by atoms with Gasteiger partial charge in [-0.05, 0) is 18.2 Å². The van der Waals surface area contributed by atoms with Crippen molar-refractivity contribution in [3.63, 3.8) is 0 Å². The third-order valence-corrected chi connectivity index (χ3v) is 5.95. The smallest absolute Gasteiger partial charge is 0.338 e. The zero-order chi connectivity index (χ0) is 19.0. The fourth-order valence-electron chi connectivity index (χ4n) is 4.03. The molecule has 4 unspecified atom stereocenters. The molecule has 4 atom stereocenters. The Kier molecular flexibility index (Phi) is 3.60. The van der Waals surface area contributed by atoms with E-state index in [1.807, 2.05) is 0 Å². The van der Waals surface area contributed by atoms with Crippen LogP contribution in [0.4, 0.5) is 18.9 Å². The Bertz CT molecular complexity index is 882. The van der Waals surface area contributed by atoms with E-state index < -0.39 is 47.3 Å². The summed E-state index contributed by atoms with van der Waals surface area (Å²) in [5.74, 6) is -3.84. The van der Waals surface area contributed by atoms with Crippen LogP contribution < -0.4 is 4.90 Å². The van der Waals surface area contributed by atoms with E-state index in [0.717, 1.165) is 17.0 Å². The first kappa shape index (κ1) is 17.3. The summed E-state index contributed by atoms with van der Waals surface area (Å²) in [5.41, 5.74) is -1.11. The molecule has 26 heavy (non-hydrogen) atoms. The largest absolute Gasteiger partial charge is 0.417 e. The van der Waals surface area contributed by atoms with Crippen molar-refractivity contribution in [1.82, 2.24) is 4.90 Å². The molecule has 1 aromatic carbocycles. The molecule has 3 aliphatic heterocycles. The number of anilines is 1. The number of halogens is 4. The van der Waals surface area contributed by atoms with E-state index in [1.54, 1.807) is 19.2 Å². The number of rotatable bonds is 1. The Morgan fingerprint density at radius 3 is 2.31 bits per heavy atom. The number of carbonyl (C=O) groups is 3. The highest BCUT2D eigenvalue weighted by molar-refractivity contribution is 9.10. The standard InChI is InChI=1S/C17H12BrF3N2O3/c1-22-11-5-3-8(14(22)24)12-13(11)16(26)23(15(12)25)7-2-4-10(18)9(6-7)17(19,20)21/h2-6,8,11-13H,1H3. The van der Waals surface area contributed by atoms with Crippen LogP contribution in [0.1, 0.15) is 5.56 Å². The number of carbonyl (C=O) groups excluding carboxylic acids is 3. The number of imide groups is 1. The Hall–Kier alpha value is -2.16. The quantitative estimate of drug-likeness (QED) is 0.510. The van der Waals surface area contributed by atoms with Crippen LogP contribution in [0.5, 0.6) is 0 Å². The average Bonchev–Trinajstić information content (AvgIpc) is 2.84. The zero-order valence-electron chi connectivity index (χ0n) is 13.3. The van der Waals surface area contributed by atoms with E-state index in [1.165, 1.54) is 11.0 Å². The summed E-state index contributed by atoms with van der Waals surface area (Å²) in [5, 5.41) is 0. The first-order chi connectivity index (χ1) is 12.1. The van der Waals surface area contributed by atoms with Crippen LogP contribution in [-0.2, 0) is 20.6 Å². The molecule has 0 radical (unpaired) electrons. The summed E-state index contributed by atoms with van der Waals surface area (Å²) in [6.07, 6.45) is -1.31. The van der Waals surface area contributed by atoms with E-state index in [2.05, 4.69) is 15.9 Å². The lowest BCUT2D eigenvalue weighted by Crippen LogP contribution is -2.57. The van der Waals surface area contributed by atoms with Crippen molar-refractivity contribution in [2.45, 2.75) is 12.2 Å². The molecule has 9 heteroatoms.